The van der Waals surface area contributed by atoms with Gasteiger partial charge in [-0.05, 0) is 17.7 Å². The van der Waals surface area contributed by atoms with Crippen molar-refractivity contribution >= 4 is 29.1 Å². The van der Waals surface area contributed by atoms with Crippen LogP contribution in [-0.2, 0) is 4.79 Å². The Morgan fingerprint density at radius 3 is 2.39 bits per heavy atom. The number of hydrogen-bond donors (Lipinski definition) is 1. The molecule has 3 nitrogen and oxygen atoms in total. The second-order valence-electron chi connectivity index (χ2n) is 3.21. The van der Waals surface area contributed by atoms with Gasteiger partial charge in [0.15, 0.2) is 0 Å². The molecule has 0 aliphatic carbocycles. The van der Waals surface area contributed by atoms with Crippen LogP contribution in [0.5, 0.6) is 0 Å². The van der Waals surface area contributed by atoms with Crippen molar-refractivity contribution in [2.24, 2.45) is 0 Å². The number of nitrogens with zero attached hydrogens (tertiary/aromatic N) is 1. The summed E-state index contributed by atoms with van der Waals surface area (Å²) in [6.45, 7) is 0. The Balaban J connectivity index is 2.95. The zero-order valence-corrected chi connectivity index (χ0v) is 10.1. The minimum absolute atomic E-state index is 0.0793. The molecule has 0 aliphatic rings. The molecule has 1 atom stereocenters. The van der Waals surface area contributed by atoms with E-state index in [4.69, 9.17) is 28.5 Å². The number of carbonyl (C=O) groups excluding carboxylic acids is 1. The first-order valence-corrected chi connectivity index (χ1v) is 5.23. The third kappa shape index (κ3) is 3.52. The fourth-order valence-corrected chi connectivity index (χ4v) is 1.40. The maximum Gasteiger partial charge on any atom is 0.471 e. The van der Waals surface area contributed by atoms with Gasteiger partial charge in [0.25, 0.3) is 0 Å². The van der Waals surface area contributed by atoms with E-state index in [-0.39, 0.29) is 15.6 Å². The highest BCUT2D eigenvalue weighted by atomic mass is 35.5. The van der Waals surface area contributed by atoms with Gasteiger partial charge in [-0.1, -0.05) is 29.3 Å². The van der Waals surface area contributed by atoms with Crippen LogP contribution in [0.15, 0.2) is 18.2 Å². The first-order valence-electron chi connectivity index (χ1n) is 4.48. The third-order valence-corrected chi connectivity index (χ3v) is 2.68. The number of carbonyl (C=O) groups is 1. The molecule has 0 heterocycles. The van der Waals surface area contributed by atoms with Crippen LogP contribution in [0.2, 0.25) is 10.0 Å². The van der Waals surface area contributed by atoms with Crippen molar-refractivity contribution in [3.63, 3.8) is 0 Å². The fraction of sp³-hybridized carbons (Fsp3) is 0.200. The summed E-state index contributed by atoms with van der Waals surface area (Å²) < 4.78 is 36.1. The predicted molar refractivity (Wildman–Crippen MR) is 59.0 cm³/mol. The van der Waals surface area contributed by atoms with E-state index in [1.54, 1.807) is 5.32 Å². The van der Waals surface area contributed by atoms with E-state index in [0.717, 1.165) is 0 Å². The van der Waals surface area contributed by atoms with Crippen LogP contribution in [0.4, 0.5) is 13.2 Å². The van der Waals surface area contributed by atoms with Crippen LogP contribution in [0.3, 0.4) is 0 Å². The average molecular weight is 297 g/mol. The Morgan fingerprint density at radius 2 is 1.94 bits per heavy atom. The van der Waals surface area contributed by atoms with Crippen molar-refractivity contribution in [2.45, 2.75) is 12.2 Å². The summed E-state index contributed by atoms with van der Waals surface area (Å²) in [4.78, 5) is 10.7. The van der Waals surface area contributed by atoms with E-state index in [1.807, 2.05) is 0 Å². The zero-order chi connectivity index (χ0) is 13.9. The lowest BCUT2D eigenvalue weighted by Crippen LogP contribution is -2.38. The third-order valence-electron chi connectivity index (χ3n) is 1.94. The fourth-order valence-electron chi connectivity index (χ4n) is 1.10. The molecule has 1 amide bonds. The van der Waals surface area contributed by atoms with Gasteiger partial charge < -0.3 is 5.32 Å². The lowest BCUT2D eigenvalue weighted by molar-refractivity contribution is -0.174. The molecule has 0 aliphatic heterocycles. The van der Waals surface area contributed by atoms with Crippen LogP contribution >= 0.6 is 23.2 Å². The molecule has 0 spiro atoms. The largest absolute Gasteiger partial charge is 0.471 e. The minimum atomic E-state index is -5.05. The molecule has 1 rings (SSSR count). The van der Waals surface area contributed by atoms with E-state index in [2.05, 4.69) is 0 Å². The molecule has 1 unspecified atom stereocenters. The second kappa shape index (κ2) is 5.46. The van der Waals surface area contributed by atoms with Gasteiger partial charge in [-0.3, -0.25) is 4.79 Å². The summed E-state index contributed by atoms with van der Waals surface area (Å²) in [6, 6.07) is 3.93. The SMILES string of the molecule is N#CC(NC(=O)C(F)(F)F)c1ccc(Cl)c(Cl)c1. The Labute approximate surface area is 110 Å². The number of hydrogen-bond acceptors (Lipinski definition) is 2. The molecule has 1 aromatic rings. The summed E-state index contributed by atoms with van der Waals surface area (Å²) in [5, 5.41) is 10.6. The van der Waals surface area contributed by atoms with Crippen LogP contribution in [0.25, 0.3) is 0 Å². The molecule has 18 heavy (non-hydrogen) atoms. The highest BCUT2D eigenvalue weighted by Gasteiger charge is 2.40. The van der Waals surface area contributed by atoms with Crippen molar-refractivity contribution in [2.75, 3.05) is 0 Å². The molecule has 0 fully saturated rings. The monoisotopic (exact) mass is 296 g/mol. The van der Waals surface area contributed by atoms with E-state index in [9.17, 15) is 18.0 Å². The molecule has 0 radical (unpaired) electrons. The summed E-state index contributed by atoms with van der Waals surface area (Å²) >= 11 is 11.3. The van der Waals surface area contributed by atoms with Crippen molar-refractivity contribution in [1.29, 1.82) is 5.26 Å². The quantitative estimate of drug-likeness (QED) is 0.911. The van der Waals surface area contributed by atoms with Gasteiger partial charge in [0.05, 0.1) is 16.1 Å². The summed E-state index contributed by atoms with van der Waals surface area (Å²) in [6.07, 6.45) is -5.05. The van der Waals surface area contributed by atoms with Crippen LogP contribution in [0.1, 0.15) is 11.6 Å². The molecule has 1 N–H and O–H groups in total. The zero-order valence-electron chi connectivity index (χ0n) is 8.55. The van der Waals surface area contributed by atoms with Gasteiger partial charge >= 0.3 is 12.1 Å². The van der Waals surface area contributed by atoms with Gasteiger partial charge in [0, 0.05) is 0 Å². The van der Waals surface area contributed by atoms with Crippen molar-refractivity contribution in [1.82, 2.24) is 5.32 Å². The maximum absolute atomic E-state index is 12.0. The number of amides is 1. The molecular weight excluding hydrogens is 292 g/mol. The molecule has 0 saturated heterocycles. The molecule has 0 saturated carbocycles. The molecule has 96 valence electrons. The molecule has 1 aromatic carbocycles. The highest BCUT2D eigenvalue weighted by Crippen LogP contribution is 2.26. The van der Waals surface area contributed by atoms with Gasteiger partial charge in [0.1, 0.15) is 6.04 Å². The molecular formula is C10H5Cl2F3N2O. The van der Waals surface area contributed by atoms with Crippen molar-refractivity contribution in [3.8, 4) is 6.07 Å². The van der Waals surface area contributed by atoms with Crippen LogP contribution in [0, 0.1) is 11.3 Å². The van der Waals surface area contributed by atoms with Crippen molar-refractivity contribution < 1.29 is 18.0 Å². The van der Waals surface area contributed by atoms with Gasteiger partial charge in [-0.2, -0.15) is 18.4 Å². The molecule has 0 aromatic heterocycles. The number of nitrogens with one attached hydrogen (secondary N) is 1. The lowest BCUT2D eigenvalue weighted by Gasteiger charge is -2.13. The summed E-state index contributed by atoms with van der Waals surface area (Å²) in [7, 11) is 0. The van der Waals surface area contributed by atoms with E-state index in [0.29, 0.717) is 0 Å². The van der Waals surface area contributed by atoms with Gasteiger partial charge in [-0.25, -0.2) is 0 Å². The van der Waals surface area contributed by atoms with Gasteiger partial charge in [-0.15, -0.1) is 0 Å². The number of alkyl halides is 3. The van der Waals surface area contributed by atoms with Crippen LogP contribution in [-0.4, -0.2) is 12.1 Å². The molecule has 0 bridgehead atoms. The maximum atomic E-state index is 12.0. The highest BCUT2D eigenvalue weighted by molar-refractivity contribution is 6.42. The lowest BCUT2D eigenvalue weighted by atomic mass is 10.1. The standard InChI is InChI=1S/C10H5Cl2F3N2O/c11-6-2-1-5(3-7(6)12)8(4-16)17-9(18)10(13,14)15/h1-3,8H,(H,17,18). The topological polar surface area (TPSA) is 52.9 Å². The average Bonchev–Trinajstić information content (AvgIpc) is 2.28. The number of halogens is 5. The van der Waals surface area contributed by atoms with Crippen molar-refractivity contribution in [3.05, 3.63) is 33.8 Å². The summed E-state index contributed by atoms with van der Waals surface area (Å²) in [5.41, 5.74) is 0.115. The Bertz CT molecular complexity index is 511. The smallest absolute Gasteiger partial charge is 0.329 e. The van der Waals surface area contributed by atoms with Gasteiger partial charge in [0.2, 0.25) is 0 Å². The number of nitriles is 1. The Hall–Kier alpha value is -1.45. The van der Waals surface area contributed by atoms with E-state index in [1.165, 1.54) is 24.3 Å². The minimum Gasteiger partial charge on any atom is -0.329 e. The Kier molecular flexibility index (Phi) is 4.43. The van der Waals surface area contributed by atoms with E-state index < -0.39 is 18.1 Å². The first kappa shape index (κ1) is 14.6. The van der Waals surface area contributed by atoms with E-state index >= 15 is 0 Å². The molecule has 8 heteroatoms. The second-order valence-corrected chi connectivity index (χ2v) is 4.02. The first-order chi connectivity index (χ1) is 8.25. The predicted octanol–water partition coefficient (Wildman–Crippen LogP) is 3.24. The normalized spacial score (nSPS) is 12.7. The van der Waals surface area contributed by atoms with Crippen LogP contribution < -0.4 is 5.32 Å². The summed E-state index contributed by atoms with van der Waals surface area (Å²) in [5.74, 6) is -2.19. The Morgan fingerprint density at radius 1 is 1.33 bits per heavy atom. The number of benzene rings is 1. The number of rotatable bonds is 2.